The van der Waals surface area contributed by atoms with Crippen molar-refractivity contribution < 1.29 is 0 Å². The molecule has 0 unspecified atom stereocenters. The average molecular weight is 188 g/mol. The standard InChI is InChI=1S/C10H12N4/c1-7-3-5-8(6-4-7)9-12-10(11)13-14(9)2/h3-6H,1-2H3,(H2,11,13). The number of aromatic nitrogens is 3. The first kappa shape index (κ1) is 8.74. The van der Waals surface area contributed by atoms with Crippen LogP contribution in [0.15, 0.2) is 24.3 Å². The summed E-state index contributed by atoms with van der Waals surface area (Å²) in [5, 5.41) is 3.99. The molecule has 0 atom stereocenters. The Morgan fingerprint density at radius 1 is 1.21 bits per heavy atom. The Kier molecular flexibility index (Phi) is 1.96. The van der Waals surface area contributed by atoms with Crippen LogP contribution in [0.1, 0.15) is 5.56 Å². The van der Waals surface area contributed by atoms with Gasteiger partial charge in [-0.05, 0) is 6.92 Å². The van der Waals surface area contributed by atoms with Crippen LogP contribution in [0.25, 0.3) is 11.4 Å². The molecule has 0 aliphatic heterocycles. The van der Waals surface area contributed by atoms with Gasteiger partial charge in [0.1, 0.15) is 0 Å². The summed E-state index contributed by atoms with van der Waals surface area (Å²) in [7, 11) is 1.83. The molecule has 1 aromatic carbocycles. The van der Waals surface area contributed by atoms with Crippen molar-refractivity contribution in [2.45, 2.75) is 6.92 Å². The van der Waals surface area contributed by atoms with Crippen LogP contribution in [-0.2, 0) is 7.05 Å². The zero-order chi connectivity index (χ0) is 10.1. The number of nitrogens with zero attached hydrogens (tertiary/aromatic N) is 3. The van der Waals surface area contributed by atoms with Gasteiger partial charge in [-0.2, -0.15) is 4.98 Å². The highest BCUT2D eigenvalue weighted by Crippen LogP contribution is 2.17. The molecule has 2 rings (SSSR count). The van der Waals surface area contributed by atoms with Gasteiger partial charge in [0.05, 0.1) is 0 Å². The molecule has 4 nitrogen and oxygen atoms in total. The molecule has 4 heteroatoms. The van der Waals surface area contributed by atoms with Gasteiger partial charge in [0.25, 0.3) is 0 Å². The molecule has 0 aliphatic rings. The van der Waals surface area contributed by atoms with Crippen LogP contribution in [0.3, 0.4) is 0 Å². The second-order valence-electron chi connectivity index (χ2n) is 3.28. The average Bonchev–Trinajstić information content (AvgIpc) is 2.47. The highest BCUT2D eigenvalue weighted by molar-refractivity contribution is 5.56. The molecule has 1 aromatic heterocycles. The molecule has 14 heavy (non-hydrogen) atoms. The number of hydrogen-bond acceptors (Lipinski definition) is 3. The van der Waals surface area contributed by atoms with E-state index in [-0.39, 0.29) is 0 Å². The zero-order valence-corrected chi connectivity index (χ0v) is 8.23. The van der Waals surface area contributed by atoms with E-state index in [0.717, 1.165) is 11.4 Å². The van der Waals surface area contributed by atoms with E-state index >= 15 is 0 Å². The highest BCUT2D eigenvalue weighted by atomic mass is 15.4. The van der Waals surface area contributed by atoms with Crippen LogP contribution in [0.5, 0.6) is 0 Å². The Morgan fingerprint density at radius 2 is 1.86 bits per heavy atom. The summed E-state index contributed by atoms with van der Waals surface area (Å²) in [6, 6.07) is 8.11. The number of benzene rings is 1. The van der Waals surface area contributed by atoms with E-state index in [0.29, 0.717) is 5.95 Å². The van der Waals surface area contributed by atoms with Crippen LogP contribution >= 0.6 is 0 Å². The molecule has 0 radical (unpaired) electrons. The van der Waals surface area contributed by atoms with Crippen LogP contribution in [0.4, 0.5) is 5.95 Å². The fourth-order valence-corrected chi connectivity index (χ4v) is 1.36. The second kappa shape index (κ2) is 3.14. The summed E-state index contributed by atoms with van der Waals surface area (Å²) < 4.78 is 1.68. The van der Waals surface area contributed by atoms with Gasteiger partial charge in [0.2, 0.25) is 5.95 Å². The molecule has 0 saturated carbocycles. The highest BCUT2D eigenvalue weighted by Gasteiger charge is 2.05. The van der Waals surface area contributed by atoms with Crippen LogP contribution in [-0.4, -0.2) is 14.8 Å². The van der Waals surface area contributed by atoms with Gasteiger partial charge >= 0.3 is 0 Å². The molecule has 0 amide bonds. The normalized spacial score (nSPS) is 10.4. The minimum Gasteiger partial charge on any atom is -0.366 e. The Balaban J connectivity index is 2.49. The minimum atomic E-state index is 0.308. The summed E-state index contributed by atoms with van der Waals surface area (Å²) in [4.78, 5) is 4.14. The topological polar surface area (TPSA) is 56.7 Å². The van der Waals surface area contributed by atoms with E-state index in [1.54, 1.807) is 4.68 Å². The smallest absolute Gasteiger partial charge is 0.240 e. The first-order chi connectivity index (χ1) is 6.66. The van der Waals surface area contributed by atoms with E-state index in [9.17, 15) is 0 Å². The molecular weight excluding hydrogens is 176 g/mol. The maximum Gasteiger partial charge on any atom is 0.240 e. The van der Waals surface area contributed by atoms with Crippen molar-refractivity contribution >= 4 is 5.95 Å². The third-order valence-corrected chi connectivity index (χ3v) is 2.09. The first-order valence-corrected chi connectivity index (χ1v) is 4.40. The number of aryl methyl sites for hydroxylation is 2. The molecule has 0 saturated heterocycles. The fourth-order valence-electron chi connectivity index (χ4n) is 1.36. The number of rotatable bonds is 1. The monoisotopic (exact) mass is 188 g/mol. The van der Waals surface area contributed by atoms with Gasteiger partial charge in [-0.3, -0.25) is 0 Å². The van der Waals surface area contributed by atoms with E-state index in [1.165, 1.54) is 5.56 Å². The second-order valence-corrected chi connectivity index (χ2v) is 3.28. The Hall–Kier alpha value is -1.84. The van der Waals surface area contributed by atoms with Crippen molar-refractivity contribution in [3.63, 3.8) is 0 Å². The molecule has 2 N–H and O–H groups in total. The lowest BCUT2D eigenvalue weighted by Crippen LogP contribution is -1.94. The predicted octanol–water partition coefficient (Wildman–Crippen LogP) is 1.37. The summed E-state index contributed by atoms with van der Waals surface area (Å²) >= 11 is 0. The lowest BCUT2D eigenvalue weighted by atomic mass is 10.1. The lowest BCUT2D eigenvalue weighted by molar-refractivity contribution is 0.778. The molecule has 2 aromatic rings. The molecule has 0 spiro atoms. The molecule has 0 fully saturated rings. The first-order valence-electron chi connectivity index (χ1n) is 4.40. The third kappa shape index (κ3) is 1.46. The van der Waals surface area contributed by atoms with Crippen LogP contribution < -0.4 is 5.73 Å². The van der Waals surface area contributed by atoms with Crippen LogP contribution in [0.2, 0.25) is 0 Å². The van der Waals surface area contributed by atoms with Crippen molar-refractivity contribution in [3.8, 4) is 11.4 Å². The van der Waals surface area contributed by atoms with Gasteiger partial charge in [0, 0.05) is 12.6 Å². The van der Waals surface area contributed by atoms with Gasteiger partial charge in [0.15, 0.2) is 5.82 Å². The van der Waals surface area contributed by atoms with E-state index in [1.807, 2.05) is 31.3 Å². The summed E-state index contributed by atoms with van der Waals surface area (Å²) in [5.74, 6) is 1.10. The largest absolute Gasteiger partial charge is 0.366 e. The van der Waals surface area contributed by atoms with Crippen molar-refractivity contribution in [2.75, 3.05) is 5.73 Å². The summed E-state index contributed by atoms with van der Waals surface area (Å²) in [6.45, 7) is 2.05. The van der Waals surface area contributed by atoms with Crippen molar-refractivity contribution in [1.29, 1.82) is 0 Å². The molecule has 0 aliphatic carbocycles. The quantitative estimate of drug-likeness (QED) is 0.735. The summed E-state index contributed by atoms with van der Waals surface area (Å²) in [6.07, 6.45) is 0. The maximum atomic E-state index is 5.50. The number of anilines is 1. The number of hydrogen-bond donors (Lipinski definition) is 1. The lowest BCUT2D eigenvalue weighted by Gasteiger charge is -1.99. The molecule has 0 bridgehead atoms. The zero-order valence-electron chi connectivity index (χ0n) is 8.23. The van der Waals surface area contributed by atoms with Gasteiger partial charge in [-0.1, -0.05) is 29.8 Å². The Morgan fingerprint density at radius 3 is 2.36 bits per heavy atom. The van der Waals surface area contributed by atoms with Crippen molar-refractivity contribution in [3.05, 3.63) is 29.8 Å². The molecular formula is C10H12N4. The minimum absolute atomic E-state index is 0.308. The number of nitrogen functional groups attached to an aromatic ring is 1. The van der Waals surface area contributed by atoms with Gasteiger partial charge in [-0.25, -0.2) is 4.68 Å². The SMILES string of the molecule is Cc1ccc(-c2nc(N)nn2C)cc1. The van der Waals surface area contributed by atoms with Gasteiger partial charge < -0.3 is 5.73 Å². The maximum absolute atomic E-state index is 5.50. The van der Waals surface area contributed by atoms with E-state index in [2.05, 4.69) is 17.0 Å². The van der Waals surface area contributed by atoms with Crippen molar-refractivity contribution in [2.24, 2.45) is 7.05 Å². The third-order valence-electron chi connectivity index (χ3n) is 2.09. The molecule has 72 valence electrons. The fraction of sp³-hybridized carbons (Fsp3) is 0.200. The molecule has 1 heterocycles. The Bertz CT molecular complexity index is 442. The predicted molar refractivity (Wildman–Crippen MR) is 55.6 cm³/mol. The Labute approximate surface area is 82.4 Å². The summed E-state index contributed by atoms with van der Waals surface area (Å²) in [5.41, 5.74) is 7.76. The van der Waals surface area contributed by atoms with Gasteiger partial charge in [-0.15, -0.1) is 5.10 Å². The van der Waals surface area contributed by atoms with E-state index < -0.39 is 0 Å². The number of nitrogens with two attached hydrogens (primary N) is 1. The van der Waals surface area contributed by atoms with Crippen LogP contribution in [0, 0.1) is 6.92 Å². The van der Waals surface area contributed by atoms with Crippen molar-refractivity contribution in [1.82, 2.24) is 14.8 Å². The van der Waals surface area contributed by atoms with E-state index in [4.69, 9.17) is 5.73 Å².